The molecule has 0 aliphatic heterocycles. The summed E-state index contributed by atoms with van der Waals surface area (Å²) >= 11 is 1.76. The van der Waals surface area contributed by atoms with Crippen molar-refractivity contribution in [1.82, 2.24) is 10.3 Å². The normalized spacial score (nSPS) is 13.1. The first-order valence-electron chi connectivity index (χ1n) is 5.38. The fraction of sp³-hybridized carbons (Fsp3) is 0.727. The van der Waals surface area contributed by atoms with E-state index in [1.54, 1.807) is 11.3 Å². The van der Waals surface area contributed by atoms with Crippen LogP contribution in [0.1, 0.15) is 29.4 Å². The molecule has 0 saturated carbocycles. The molecule has 1 rings (SSSR count). The summed E-state index contributed by atoms with van der Waals surface area (Å²) in [5, 5.41) is 4.51. The molecule has 0 radical (unpaired) electrons. The fourth-order valence-electron chi connectivity index (χ4n) is 1.34. The summed E-state index contributed by atoms with van der Waals surface area (Å²) < 4.78 is 5.43. The SMILES string of the molecule is CCOC(C)CNCc1nc(C)c(C)s1. The highest BCUT2D eigenvalue weighted by Crippen LogP contribution is 2.15. The Morgan fingerprint density at radius 2 is 2.20 bits per heavy atom. The maximum atomic E-state index is 5.43. The Morgan fingerprint density at radius 3 is 2.73 bits per heavy atom. The van der Waals surface area contributed by atoms with Crippen LogP contribution in [-0.2, 0) is 11.3 Å². The van der Waals surface area contributed by atoms with Crippen LogP contribution in [0.15, 0.2) is 0 Å². The minimum absolute atomic E-state index is 0.275. The van der Waals surface area contributed by atoms with E-state index in [0.29, 0.717) is 0 Å². The molecule has 3 nitrogen and oxygen atoms in total. The van der Waals surface area contributed by atoms with Gasteiger partial charge in [0.15, 0.2) is 0 Å². The molecule has 0 amide bonds. The number of thiazole rings is 1. The molecule has 0 aromatic carbocycles. The van der Waals surface area contributed by atoms with Gasteiger partial charge in [-0.1, -0.05) is 0 Å². The molecule has 1 aromatic rings. The number of nitrogens with one attached hydrogen (secondary N) is 1. The van der Waals surface area contributed by atoms with Gasteiger partial charge in [-0.05, 0) is 27.7 Å². The van der Waals surface area contributed by atoms with Gasteiger partial charge in [-0.3, -0.25) is 0 Å². The number of hydrogen-bond acceptors (Lipinski definition) is 4. The van der Waals surface area contributed by atoms with Crippen LogP contribution in [0, 0.1) is 13.8 Å². The lowest BCUT2D eigenvalue weighted by molar-refractivity contribution is 0.0759. The molecule has 15 heavy (non-hydrogen) atoms. The molecular weight excluding hydrogens is 208 g/mol. The molecule has 0 spiro atoms. The second-order valence-corrected chi connectivity index (χ2v) is 4.93. The molecule has 0 saturated heterocycles. The predicted octanol–water partition coefficient (Wildman–Crippen LogP) is 2.27. The van der Waals surface area contributed by atoms with Gasteiger partial charge in [0.2, 0.25) is 0 Å². The summed E-state index contributed by atoms with van der Waals surface area (Å²) in [6.45, 7) is 10.8. The number of rotatable bonds is 6. The third-order valence-corrected chi connectivity index (χ3v) is 3.30. The Balaban J connectivity index is 2.25. The molecule has 0 aliphatic carbocycles. The van der Waals surface area contributed by atoms with Crippen LogP contribution in [0.3, 0.4) is 0 Å². The van der Waals surface area contributed by atoms with Crippen molar-refractivity contribution in [2.45, 2.75) is 40.3 Å². The number of hydrogen-bond donors (Lipinski definition) is 1. The summed E-state index contributed by atoms with van der Waals surface area (Å²) in [6.07, 6.45) is 0.275. The van der Waals surface area contributed by atoms with Crippen molar-refractivity contribution < 1.29 is 4.74 Å². The van der Waals surface area contributed by atoms with Crippen LogP contribution in [0.4, 0.5) is 0 Å². The van der Waals surface area contributed by atoms with E-state index in [1.165, 1.54) is 4.88 Å². The lowest BCUT2D eigenvalue weighted by Crippen LogP contribution is -2.26. The maximum absolute atomic E-state index is 5.43. The number of nitrogens with zero attached hydrogens (tertiary/aromatic N) is 1. The van der Waals surface area contributed by atoms with E-state index in [4.69, 9.17) is 4.74 Å². The van der Waals surface area contributed by atoms with Gasteiger partial charge in [-0.25, -0.2) is 4.98 Å². The molecule has 1 aromatic heterocycles. The van der Waals surface area contributed by atoms with E-state index in [9.17, 15) is 0 Å². The third kappa shape index (κ3) is 4.28. The van der Waals surface area contributed by atoms with Gasteiger partial charge in [0.25, 0.3) is 0 Å². The second-order valence-electron chi connectivity index (χ2n) is 3.65. The molecule has 86 valence electrons. The van der Waals surface area contributed by atoms with Crippen LogP contribution in [0.25, 0.3) is 0 Å². The van der Waals surface area contributed by atoms with Crippen LogP contribution in [0.2, 0.25) is 0 Å². The van der Waals surface area contributed by atoms with Crippen LogP contribution in [-0.4, -0.2) is 24.2 Å². The van der Waals surface area contributed by atoms with E-state index >= 15 is 0 Å². The summed E-state index contributed by atoms with van der Waals surface area (Å²) in [7, 11) is 0. The van der Waals surface area contributed by atoms with Gasteiger partial charge in [0, 0.05) is 24.6 Å². The molecule has 4 heteroatoms. The highest BCUT2D eigenvalue weighted by Gasteiger charge is 2.04. The summed E-state index contributed by atoms with van der Waals surface area (Å²) in [6, 6.07) is 0. The predicted molar refractivity (Wildman–Crippen MR) is 64.4 cm³/mol. The van der Waals surface area contributed by atoms with E-state index in [2.05, 4.69) is 31.1 Å². The van der Waals surface area contributed by atoms with Crippen molar-refractivity contribution in [2.75, 3.05) is 13.2 Å². The van der Waals surface area contributed by atoms with E-state index in [0.717, 1.165) is 30.4 Å². The number of aryl methyl sites for hydroxylation is 2. The van der Waals surface area contributed by atoms with Gasteiger partial charge >= 0.3 is 0 Å². The highest BCUT2D eigenvalue weighted by molar-refractivity contribution is 7.11. The quantitative estimate of drug-likeness (QED) is 0.811. The highest BCUT2D eigenvalue weighted by atomic mass is 32.1. The summed E-state index contributed by atoms with van der Waals surface area (Å²) in [5.41, 5.74) is 1.15. The number of ether oxygens (including phenoxy) is 1. The Morgan fingerprint density at radius 1 is 1.47 bits per heavy atom. The first-order valence-corrected chi connectivity index (χ1v) is 6.20. The van der Waals surface area contributed by atoms with Gasteiger partial charge in [0.05, 0.1) is 11.8 Å². The van der Waals surface area contributed by atoms with Crippen LogP contribution >= 0.6 is 11.3 Å². The van der Waals surface area contributed by atoms with Gasteiger partial charge in [-0.15, -0.1) is 11.3 Å². The van der Waals surface area contributed by atoms with Crippen LogP contribution < -0.4 is 5.32 Å². The molecule has 0 fully saturated rings. The standard InChI is InChI=1S/C11H20N2OS/c1-5-14-8(2)6-12-7-11-13-9(3)10(4)15-11/h8,12H,5-7H2,1-4H3. The lowest BCUT2D eigenvalue weighted by atomic mass is 10.4. The van der Waals surface area contributed by atoms with Crippen molar-refractivity contribution in [1.29, 1.82) is 0 Å². The van der Waals surface area contributed by atoms with Crippen molar-refractivity contribution in [3.8, 4) is 0 Å². The molecular formula is C11H20N2OS. The lowest BCUT2D eigenvalue weighted by Gasteiger charge is -2.11. The second kappa shape index (κ2) is 6.20. The Bertz CT molecular complexity index is 279. The summed E-state index contributed by atoms with van der Waals surface area (Å²) in [5.74, 6) is 0. The van der Waals surface area contributed by atoms with Crippen LogP contribution in [0.5, 0.6) is 0 Å². The van der Waals surface area contributed by atoms with E-state index in [1.807, 2.05) is 6.92 Å². The Hall–Kier alpha value is -0.450. The topological polar surface area (TPSA) is 34.1 Å². The summed E-state index contributed by atoms with van der Waals surface area (Å²) in [4.78, 5) is 5.78. The van der Waals surface area contributed by atoms with E-state index in [-0.39, 0.29) is 6.10 Å². The molecule has 1 unspecified atom stereocenters. The Kier molecular flexibility index (Phi) is 5.22. The van der Waals surface area contributed by atoms with Crippen molar-refractivity contribution in [3.63, 3.8) is 0 Å². The molecule has 0 bridgehead atoms. The third-order valence-electron chi connectivity index (χ3n) is 2.23. The zero-order valence-corrected chi connectivity index (χ0v) is 10.8. The average molecular weight is 228 g/mol. The average Bonchev–Trinajstić information content (AvgIpc) is 2.46. The zero-order chi connectivity index (χ0) is 11.3. The smallest absolute Gasteiger partial charge is 0.107 e. The van der Waals surface area contributed by atoms with Crippen molar-refractivity contribution >= 4 is 11.3 Å². The first kappa shape index (κ1) is 12.6. The van der Waals surface area contributed by atoms with Crippen molar-refractivity contribution in [2.24, 2.45) is 0 Å². The van der Waals surface area contributed by atoms with Gasteiger partial charge < -0.3 is 10.1 Å². The van der Waals surface area contributed by atoms with Gasteiger partial charge in [-0.2, -0.15) is 0 Å². The van der Waals surface area contributed by atoms with Gasteiger partial charge in [0.1, 0.15) is 5.01 Å². The Labute approximate surface area is 95.9 Å². The molecule has 1 atom stereocenters. The molecule has 1 heterocycles. The molecule has 0 aliphatic rings. The minimum Gasteiger partial charge on any atom is -0.377 e. The van der Waals surface area contributed by atoms with E-state index < -0.39 is 0 Å². The maximum Gasteiger partial charge on any atom is 0.107 e. The zero-order valence-electron chi connectivity index (χ0n) is 9.96. The molecule has 1 N–H and O–H groups in total. The minimum atomic E-state index is 0.275. The van der Waals surface area contributed by atoms with Crippen molar-refractivity contribution in [3.05, 3.63) is 15.6 Å². The fourth-order valence-corrected chi connectivity index (χ4v) is 2.24. The number of aromatic nitrogens is 1. The monoisotopic (exact) mass is 228 g/mol. The first-order chi connectivity index (χ1) is 7.13. The largest absolute Gasteiger partial charge is 0.377 e.